The van der Waals surface area contributed by atoms with Gasteiger partial charge in [-0.05, 0) is 17.7 Å². The van der Waals surface area contributed by atoms with Crippen molar-refractivity contribution >= 4 is 11.7 Å². The largest absolute Gasteiger partial charge is 0.496 e. The van der Waals surface area contributed by atoms with Crippen LogP contribution in [0.4, 0.5) is 19.0 Å². The minimum atomic E-state index is -4.49. The molecule has 0 aliphatic rings. The lowest BCUT2D eigenvalue weighted by atomic mass is 10.1. The van der Waals surface area contributed by atoms with Gasteiger partial charge in [0, 0.05) is 19.2 Å². The molecular weight excluding hydrogens is 299 g/mol. The summed E-state index contributed by atoms with van der Waals surface area (Å²) < 4.78 is 45.0. The predicted octanol–water partition coefficient (Wildman–Crippen LogP) is 2.92. The molecule has 8 heteroatoms. The molecule has 0 fully saturated rings. The van der Waals surface area contributed by atoms with Crippen molar-refractivity contribution in [2.24, 2.45) is 0 Å². The van der Waals surface area contributed by atoms with Crippen molar-refractivity contribution in [2.75, 3.05) is 12.4 Å². The molecule has 0 unspecified atom stereocenters. The van der Waals surface area contributed by atoms with Crippen LogP contribution in [0.5, 0.6) is 5.75 Å². The maximum Gasteiger partial charge on any atom is 0.419 e. The Morgan fingerprint density at radius 3 is 2.68 bits per heavy atom. The van der Waals surface area contributed by atoms with Crippen LogP contribution in [0.25, 0.3) is 0 Å². The molecule has 22 heavy (non-hydrogen) atoms. The van der Waals surface area contributed by atoms with Gasteiger partial charge in [0.1, 0.15) is 5.75 Å². The normalized spacial score (nSPS) is 11.3. The van der Waals surface area contributed by atoms with Gasteiger partial charge in [-0.25, -0.2) is 0 Å². The molecule has 1 aromatic carbocycles. The lowest BCUT2D eigenvalue weighted by Crippen LogP contribution is -2.10. The molecule has 5 nitrogen and oxygen atoms in total. The number of hydrogen-bond acceptors (Lipinski definition) is 3. The molecule has 1 N–H and O–H groups in total. The second-order valence-corrected chi connectivity index (χ2v) is 4.61. The molecule has 0 bridgehead atoms. The standard InChI is InChI=1S/C14H14F3N3O2/c1-9(21)18-13-5-6-20(19-13)8-10-3-4-12(22-2)11(7-10)14(15,16)17/h3-7H,8H2,1-2H3,(H,18,19,21). The van der Waals surface area contributed by atoms with E-state index in [0.29, 0.717) is 11.4 Å². The molecule has 0 aliphatic carbocycles. The number of hydrogen-bond donors (Lipinski definition) is 1. The molecule has 1 heterocycles. The lowest BCUT2D eigenvalue weighted by molar-refractivity contribution is -0.138. The van der Waals surface area contributed by atoms with E-state index in [1.807, 2.05) is 0 Å². The van der Waals surface area contributed by atoms with Crippen molar-refractivity contribution in [3.63, 3.8) is 0 Å². The fourth-order valence-corrected chi connectivity index (χ4v) is 1.96. The van der Waals surface area contributed by atoms with Crippen molar-refractivity contribution in [3.05, 3.63) is 41.6 Å². The lowest BCUT2D eigenvalue weighted by Gasteiger charge is -2.13. The fourth-order valence-electron chi connectivity index (χ4n) is 1.96. The van der Waals surface area contributed by atoms with Gasteiger partial charge in [0.05, 0.1) is 19.2 Å². The summed E-state index contributed by atoms with van der Waals surface area (Å²) in [7, 11) is 1.19. The number of halogens is 3. The van der Waals surface area contributed by atoms with Gasteiger partial charge in [-0.2, -0.15) is 18.3 Å². The number of anilines is 1. The summed E-state index contributed by atoms with van der Waals surface area (Å²) in [6, 6.07) is 5.40. The maximum atomic E-state index is 13.0. The number of ether oxygens (including phenoxy) is 1. The number of nitrogens with zero attached hydrogens (tertiary/aromatic N) is 2. The van der Waals surface area contributed by atoms with Gasteiger partial charge in [-0.15, -0.1) is 0 Å². The summed E-state index contributed by atoms with van der Waals surface area (Å²) in [4.78, 5) is 10.9. The minimum absolute atomic E-state index is 0.145. The third-order valence-corrected chi connectivity index (χ3v) is 2.86. The number of rotatable bonds is 4. The first-order chi connectivity index (χ1) is 10.3. The van der Waals surface area contributed by atoms with Gasteiger partial charge >= 0.3 is 6.18 Å². The van der Waals surface area contributed by atoms with E-state index in [1.165, 1.54) is 30.8 Å². The Kier molecular flexibility index (Phi) is 4.39. The number of aromatic nitrogens is 2. The Balaban J connectivity index is 2.23. The highest BCUT2D eigenvalue weighted by Crippen LogP contribution is 2.36. The van der Waals surface area contributed by atoms with Crippen molar-refractivity contribution in [1.29, 1.82) is 0 Å². The zero-order chi connectivity index (χ0) is 16.3. The molecule has 2 aromatic rings. The zero-order valence-corrected chi connectivity index (χ0v) is 11.9. The van der Waals surface area contributed by atoms with E-state index >= 15 is 0 Å². The monoisotopic (exact) mass is 313 g/mol. The summed E-state index contributed by atoms with van der Waals surface area (Å²) in [6.45, 7) is 1.49. The highest BCUT2D eigenvalue weighted by atomic mass is 19.4. The van der Waals surface area contributed by atoms with E-state index in [-0.39, 0.29) is 18.2 Å². The molecule has 0 saturated carbocycles. The highest BCUT2D eigenvalue weighted by molar-refractivity contribution is 5.87. The third kappa shape index (κ3) is 3.78. The SMILES string of the molecule is COc1ccc(Cn2ccc(NC(C)=O)n2)cc1C(F)(F)F. The van der Waals surface area contributed by atoms with Gasteiger partial charge in [-0.3, -0.25) is 9.48 Å². The summed E-state index contributed by atoms with van der Waals surface area (Å²) in [5.74, 6) is -0.151. The maximum absolute atomic E-state index is 13.0. The topological polar surface area (TPSA) is 56.1 Å². The van der Waals surface area contributed by atoms with Crippen molar-refractivity contribution in [3.8, 4) is 5.75 Å². The number of benzene rings is 1. The van der Waals surface area contributed by atoms with Gasteiger partial charge in [0.15, 0.2) is 5.82 Å². The smallest absolute Gasteiger partial charge is 0.419 e. The van der Waals surface area contributed by atoms with E-state index in [0.717, 1.165) is 6.07 Å². The number of nitrogens with one attached hydrogen (secondary N) is 1. The highest BCUT2D eigenvalue weighted by Gasteiger charge is 2.34. The Morgan fingerprint density at radius 2 is 2.09 bits per heavy atom. The molecule has 118 valence electrons. The Labute approximate surface area is 124 Å². The molecular formula is C14H14F3N3O2. The average molecular weight is 313 g/mol. The van der Waals surface area contributed by atoms with Crippen molar-refractivity contribution in [2.45, 2.75) is 19.6 Å². The quantitative estimate of drug-likeness (QED) is 0.944. The van der Waals surface area contributed by atoms with Gasteiger partial charge in [0.2, 0.25) is 5.91 Å². The fraction of sp³-hybridized carbons (Fsp3) is 0.286. The van der Waals surface area contributed by atoms with Crippen LogP contribution in [0.15, 0.2) is 30.5 Å². The summed E-state index contributed by atoms with van der Waals surface area (Å²) in [5, 5.41) is 6.55. The minimum Gasteiger partial charge on any atom is -0.496 e. The van der Waals surface area contributed by atoms with Crippen LogP contribution < -0.4 is 10.1 Å². The zero-order valence-electron chi connectivity index (χ0n) is 11.9. The summed E-state index contributed by atoms with van der Waals surface area (Å²) in [6.07, 6.45) is -2.92. The molecule has 2 rings (SSSR count). The average Bonchev–Trinajstić information content (AvgIpc) is 2.84. The number of amides is 1. The Bertz CT molecular complexity index is 680. The van der Waals surface area contributed by atoms with Crippen LogP contribution >= 0.6 is 0 Å². The number of carbonyl (C=O) groups is 1. The van der Waals surface area contributed by atoms with Crippen LogP contribution in [-0.2, 0) is 17.5 Å². The predicted molar refractivity (Wildman–Crippen MR) is 73.6 cm³/mol. The summed E-state index contributed by atoms with van der Waals surface area (Å²) >= 11 is 0. The number of methoxy groups -OCH3 is 1. The van der Waals surface area contributed by atoms with E-state index in [2.05, 4.69) is 10.4 Å². The first kappa shape index (κ1) is 15.9. The van der Waals surface area contributed by atoms with E-state index < -0.39 is 11.7 Å². The Hall–Kier alpha value is -2.51. The molecule has 0 aliphatic heterocycles. The first-order valence-electron chi connectivity index (χ1n) is 6.35. The Morgan fingerprint density at radius 1 is 1.36 bits per heavy atom. The molecule has 0 atom stereocenters. The van der Waals surface area contributed by atoms with Crippen LogP contribution in [-0.4, -0.2) is 22.8 Å². The second kappa shape index (κ2) is 6.08. The number of alkyl halides is 3. The number of carbonyl (C=O) groups excluding carboxylic acids is 1. The van der Waals surface area contributed by atoms with Crippen molar-refractivity contribution < 1.29 is 22.7 Å². The first-order valence-corrected chi connectivity index (χ1v) is 6.35. The van der Waals surface area contributed by atoms with E-state index in [4.69, 9.17) is 4.74 Å². The van der Waals surface area contributed by atoms with Crippen LogP contribution in [0, 0.1) is 0 Å². The van der Waals surface area contributed by atoms with Crippen LogP contribution in [0.1, 0.15) is 18.1 Å². The molecule has 0 radical (unpaired) electrons. The molecule has 0 spiro atoms. The van der Waals surface area contributed by atoms with Gasteiger partial charge < -0.3 is 10.1 Å². The van der Waals surface area contributed by atoms with Gasteiger partial charge in [0.25, 0.3) is 0 Å². The van der Waals surface area contributed by atoms with E-state index in [9.17, 15) is 18.0 Å². The molecule has 1 amide bonds. The van der Waals surface area contributed by atoms with Crippen LogP contribution in [0.2, 0.25) is 0 Å². The van der Waals surface area contributed by atoms with Crippen molar-refractivity contribution in [1.82, 2.24) is 9.78 Å². The second-order valence-electron chi connectivity index (χ2n) is 4.61. The molecule has 1 aromatic heterocycles. The van der Waals surface area contributed by atoms with E-state index in [1.54, 1.807) is 12.3 Å². The molecule has 0 saturated heterocycles. The third-order valence-electron chi connectivity index (χ3n) is 2.86. The van der Waals surface area contributed by atoms with Gasteiger partial charge in [-0.1, -0.05) is 6.07 Å². The summed E-state index contributed by atoms with van der Waals surface area (Å²) in [5.41, 5.74) is -0.410. The van der Waals surface area contributed by atoms with Crippen LogP contribution in [0.3, 0.4) is 0 Å².